The van der Waals surface area contributed by atoms with E-state index in [1.54, 1.807) is 0 Å². The van der Waals surface area contributed by atoms with Crippen LogP contribution in [0.1, 0.15) is 16.8 Å². The van der Waals surface area contributed by atoms with E-state index in [0.717, 1.165) is 6.54 Å². The van der Waals surface area contributed by atoms with Crippen molar-refractivity contribution in [1.29, 1.82) is 0 Å². The molecule has 108 valence electrons. The molecule has 0 unspecified atom stereocenters. The number of halogens is 1. The Balaban J connectivity index is 1.90. The van der Waals surface area contributed by atoms with E-state index >= 15 is 0 Å². The molecule has 3 aromatic rings. The van der Waals surface area contributed by atoms with E-state index in [-0.39, 0.29) is 0 Å². The molecule has 2 aromatic carbocycles. The number of nitrogens with one attached hydrogen (secondary N) is 1. The van der Waals surface area contributed by atoms with E-state index in [1.165, 1.54) is 37.0 Å². The van der Waals surface area contributed by atoms with Crippen molar-refractivity contribution in [3.05, 3.63) is 62.9 Å². The van der Waals surface area contributed by atoms with Crippen molar-refractivity contribution in [3.63, 3.8) is 0 Å². The second-order valence-corrected chi connectivity index (χ2v) is 6.63. The minimum Gasteiger partial charge on any atom is -0.379 e. The molecule has 0 atom stereocenters. The summed E-state index contributed by atoms with van der Waals surface area (Å²) < 4.78 is 3.59. The Kier molecular flexibility index (Phi) is 3.93. The molecule has 3 heteroatoms. The van der Waals surface area contributed by atoms with Gasteiger partial charge in [-0.1, -0.05) is 24.3 Å². The zero-order valence-corrected chi connectivity index (χ0v) is 14.7. The topological polar surface area (TPSA) is 17.0 Å². The molecule has 0 saturated heterocycles. The molecule has 1 aromatic heterocycles. The average Bonchev–Trinajstić information content (AvgIpc) is 2.73. The minimum atomic E-state index is 0.843. The van der Waals surface area contributed by atoms with Gasteiger partial charge in [-0.2, -0.15) is 0 Å². The van der Waals surface area contributed by atoms with Gasteiger partial charge in [0.05, 0.1) is 6.54 Å². The van der Waals surface area contributed by atoms with Crippen LogP contribution in [0, 0.1) is 17.4 Å². The van der Waals surface area contributed by atoms with Crippen LogP contribution in [0.25, 0.3) is 10.9 Å². The SMILES string of the molecule is Cc1ccc(NCc2c(C)c3ccccc3n2C)cc1I. The number of hydrogen-bond acceptors (Lipinski definition) is 1. The Bertz CT molecular complexity index is 763. The molecule has 0 aliphatic rings. The van der Waals surface area contributed by atoms with E-state index < -0.39 is 0 Å². The fourth-order valence-corrected chi connectivity index (χ4v) is 3.29. The first-order valence-corrected chi connectivity index (χ1v) is 8.18. The summed E-state index contributed by atoms with van der Waals surface area (Å²) in [7, 11) is 2.14. The third-order valence-electron chi connectivity index (χ3n) is 4.14. The highest BCUT2D eigenvalue weighted by atomic mass is 127. The number of anilines is 1. The first-order valence-electron chi connectivity index (χ1n) is 7.11. The van der Waals surface area contributed by atoms with Gasteiger partial charge in [0, 0.05) is 32.9 Å². The van der Waals surface area contributed by atoms with Gasteiger partial charge in [-0.15, -0.1) is 0 Å². The highest BCUT2D eigenvalue weighted by Crippen LogP contribution is 2.25. The van der Waals surface area contributed by atoms with Crippen molar-refractivity contribution in [2.45, 2.75) is 20.4 Å². The zero-order valence-electron chi connectivity index (χ0n) is 12.6. The predicted molar refractivity (Wildman–Crippen MR) is 98.9 cm³/mol. The highest BCUT2D eigenvalue weighted by molar-refractivity contribution is 14.1. The molecule has 0 aliphatic carbocycles. The minimum absolute atomic E-state index is 0.843. The standard InChI is InChI=1S/C18H19IN2/c1-12-8-9-14(10-16(12)19)20-11-18-13(2)15-6-4-5-7-17(15)21(18)3/h4-10,20H,11H2,1-3H3. The molecular weight excluding hydrogens is 371 g/mol. The largest absolute Gasteiger partial charge is 0.379 e. The van der Waals surface area contributed by atoms with Crippen LogP contribution in [0.15, 0.2) is 42.5 Å². The van der Waals surface area contributed by atoms with Crippen LogP contribution >= 0.6 is 22.6 Å². The third-order valence-corrected chi connectivity index (χ3v) is 5.30. The Hall–Kier alpha value is -1.49. The molecule has 0 bridgehead atoms. The molecule has 2 nitrogen and oxygen atoms in total. The predicted octanol–water partition coefficient (Wildman–Crippen LogP) is 5.01. The number of para-hydroxylation sites is 1. The van der Waals surface area contributed by atoms with Crippen molar-refractivity contribution in [1.82, 2.24) is 4.57 Å². The Morgan fingerprint density at radius 1 is 1.10 bits per heavy atom. The summed E-state index contributed by atoms with van der Waals surface area (Å²) in [6, 6.07) is 15.1. The van der Waals surface area contributed by atoms with Crippen LogP contribution in [0.3, 0.4) is 0 Å². The Morgan fingerprint density at radius 2 is 1.86 bits per heavy atom. The normalized spacial score (nSPS) is 11.0. The lowest BCUT2D eigenvalue weighted by atomic mass is 10.1. The lowest BCUT2D eigenvalue weighted by Crippen LogP contribution is -2.06. The summed E-state index contributed by atoms with van der Waals surface area (Å²) in [4.78, 5) is 0. The molecule has 1 heterocycles. The van der Waals surface area contributed by atoms with Gasteiger partial charge in [0.1, 0.15) is 0 Å². The van der Waals surface area contributed by atoms with E-state index in [1.807, 2.05) is 0 Å². The quantitative estimate of drug-likeness (QED) is 0.622. The number of aryl methyl sites for hydroxylation is 3. The average molecular weight is 390 g/mol. The van der Waals surface area contributed by atoms with Crippen LogP contribution < -0.4 is 5.32 Å². The Morgan fingerprint density at radius 3 is 2.57 bits per heavy atom. The van der Waals surface area contributed by atoms with Gasteiger partial charge < -0.3 is 9.88 Å². The molecule has 0 radical (unpaired) electrons. The van der Waals surface area contributed by atoms with Gasteiger partial charge in [-0.25, -0.2) is 0 Å². The molecule has 0 amide bonds. The van der Waals surface area contributed by atoms with Gasteiger partial charge >= 0.3 is 0 Å². The van der Waals surface area contributed by atoms with E-state index in [9.17, 15) is 0 Å². The van der Waals surface area contributed by atoms with Crippen LogP contribution in [-0.4, -0.2) is 4.57 Å². The van der Waals surface area contributed by atoms with Gasteiger partial charge in [0.2, 0.25) is 0 Å². The second-order valence-electron chi connectivity index (χ2n) is 5.47. The molecule has 0 aliphatic heterocycles. The maximum Gasteiger partial charge on any atom is 0.0556 e. The van der Waals surface area contributed by atoms with Crippen LogP contribution in [0.4, 0.5) is 5.69 Å². The maximum absolute atomic E-state index is 3.55. The van der Waals surface area contributed by atoms with E-state index in [2.05, 4.69) is 95.8 Å². The summed E-state index contributed by atoms with van der Waals surface area (Å²) >= 11 is 2.38. The smallest absolute Gasteiger partial charge is 0.0556 e. The number of rotatable bonds is 3. The lowest BCUT2D eigenvalue weighted by Gasteiger charge is -2.10. The van der Waals surface area contributed by atoms with Crippen molar-refractivity contribution < 1.29 is 0 Å². The first-order chi connectivity index (χ1) is 10.1. The lowest BCUT2D eigenvalue weighted by molar-refractivity contribution is 0.862. The van der Waals surface area contributed by atoms with Crippen molar-refractivity contribution >= 4 is 39.2 Å². The van der Waals surface area contributed by atoms with Gasteiger partial charge in [-0.05, 0) is 65.8 Å². The van der Waals surface area contributed by atoms with Crippen molar-refractivity contribution in [2.75, 3.05) is 5.32 Å². The molecule has 0 spiro atoms. The van der Waals surface area contributed by atoms with Crippen molar-refractivity contribution in [3.8, 4) is 0 Å². The summed E-state index contributed by atoms with van der Waals surface area (Å²) in [6.07, 6.45) is 0. The number of aromatic nitrogens is 1. The molecule has 3 rings (SSSR count). The van der Waals surface area contributed by atoms with Gasteiger partial charge in [-0.3, -0.25) is 0 Å². The fraction of sp³-hybridized carbons (Fsp3) is 0.222. The monoisotopic (exact) mass is 390 g/mol. The zero-order chi connectivity index (χ0) is 15.0. The first kappa shape index (κ1) is 14.4. The van der Waals surface area contributed by atoms with Gasteiger partial charge in [0.15, 0.2) is 0 Å². The van der Waals surface area contributed by atoms with Crippen LogP contribution in [-0.2, 0) is 13.6 Å². The number of benzene rings is 2. The number of hydrogen-bond donors (Lipinski definition) is 1. The molecule has 0 fully saturated rings. The third kappa shape index (κ3) is 2.67. The van der Waals surface area contributed by atoms with Gasteiger partial charge in [0.25, 0.3) is 0 Å². The molecule has 21 heavy (non-hydrogen) atoms. The molecular formula is C18H19IN2. The van der Waals surface area contributed by atoms with E-state index in [4.69, 9.17) is 0 Å². The summed E-state index contributed by atoms with van der Waals surface area (Å²) in [5, 5.41) is 4.89. The number of nitrogens with zero attached hydrogens (tertiary/aromatic N) is 1. The summed E-state index contributed by atoms with van der Waals surface area (Å²) in [5.41, 5.74) is 6.50. The van der Waals surface area contributed by atoms with Crippen LogP contribution in [0.2, 0.25) is 0 Å². The molecule has 1 N–H and O–H groups in total. The fourth-order valence-electron chi connectivity index (χ4n) is 2.78. The Labute approximate surface area is 139 Å². The second kappa shape index (κ2) is 5.72. The summed E-state index contributed by atoms with van der Waals surface area (Å²) in [5.74, 6) is 0. The highest BCUT2D eigenvalue weighted by Gasteiger charge is 2.10. The maximum atomic E-state index is 3.55. The van der Waals surface area contributed by atoms with Crippen molar-refractivity contribution in [2.24, 2.45) is 7.05 Å². The molecule has 0 saturated carbocycles. The van der Waals surface area contributed by atoms with Crippen LogP contribution in [0.5, 0.6) is 0 Å². The summed E-state index contributed by atoms with van der Waals surface area (Å²) in [6.45, 7) is 5.19. The number of fused-ring (bicyclic) bond motifs is 1. The van der Waals surface area contributed by atoms with E-state index in [0.29, 0.717) is 0 Å².